The van der Waals surface area contributed by atoms with Crippen LogP contribution < -0.4 is 0 Å². The topological polar surface area (TPSA) is 23.5 Å². The predicted octanol–water partition coefficient (Wildman–Crippen LogP) is 3.58. The molecule has 1 unspecified atom stereocenters. The number of rotatable bonds is 8. The van der Waals surface area contributed by atoms with Crippen LogP contribution >= 0.6 is 0 Å². The lowest BCUT2D eigenvalue weighted by atomic mass is 9.95. The van der Waals surface area contributed by atoms with Gasteiger partial charge in [0.05, 0.1) is 5.60 Å². The lowest BCUT2D eigenvalue weighted by molar-refractivity contribution is -0.0158. The summed E-state index contributed by atoms with van der Waals surface area (Å²) >= 11 is 0. The number of piperidine rings is 1. The molecular formula is C15H31NO. The fraction of sp³-hybridized carbons (Fsp3) is 1.00. The molecule has 0 aromatic rings. The molecule has 17 heavy (non-hydrogen) atoms. The Morgan fingerprint density at radius 1 is 1.06 bits per heavy atom. The van der Waals surface area contributed by atoms with Gasteiger partial charge in [-0.1, -0.05) is 45.4 Å². The molecule has 0 radical (unpaired) electrons. The van der Waals surface area contributed by atoms with Crippen LogP contribution in [0.3, 0.4) is 0 Å². The molecule has 102 valence electrons. The van der Waals surface area contributed by atoms with Gasteiger partial charge in [0.1, 0.15) is 0 Å². The van der Waals surface area contributed by atoms with Crippen LogP contribution in [0.5, 0.6) is 0 Å². The summed E-state index contributed by atoms with van der Waals surface area (Å²) in [6.45, 7) is 7.49. The van der Waals surface area contributed by atoms with Gasteiger partial charge in [-0.15, -0.1) is 0 Å². The zero-order valence-electron chi connectivity index (χ0n) is 11.9. The average molecular weight is 241 g/mol. The summed E-state index contributed by atoms with van der Waals surface area (Å²) in [6.07, 6.45) is 11.7. The predicted molar refractivity (Wildman–Crippen MR) is 74.3 cm³/mol. The molecule has 2 heteroatoms. The van der Waals surface area contributed by atoms with Gasteiger partial charge >= 0.3 is 0 Å². The van der Waals surface area contributed by atoms with Crippen molar-refractivity contribution in [1.82, 2.24) is 4.90 Å². The van der Waals surface area contributed by atoms with Gasteiger partial charge < -0.3 is 10.0 Å². The van der Waals surface area contributed by atoms with E-state index in [0.29, 0.717) is 0 Å². The highest BCUT2D eigenvalue weighted by Gasteiger charge is 2.27. The largest absolute Gasteiger partial charge is 0.389 e. The normalized spacial score (nSPS) is 26.3. The minimum absolute atomic E-state index is 0.431. The van der Waals surface area contributed by atoms with E-state index in [-0.39, 0.29) is 0 Å². The van der Waals surface area contributed by atoms with Crippen LogP contribution in [0.25, 0.3) is 0 Å². The van der Waals surface area contributed by atoms with E-state index >= 15 is 0 Å². The summed E-state index contributed by atoms with van der Waals surface area (Å²) in [7, 11) is 0. The second-order valence-corrected chi connectivity index (χ2v) is 6.00. The lowest BCUT2D eigenvalue weighted by Crippen LogP contribution is -2.46. The van der Waals surface area contributed by atoms with Gasteiger partial charge in [0.25, 0.3) is 0 Å². The highest BCUT2D eigenvalue weighted by atomic mass is 16.3. The fourth-order valence-corrected chi connectivity index (χ4v) is 2.81. The van der Waals surface area contributed by atoms with Gasteiger partial charge in [-0.3, -0.25) is 0 Å². The first-order chi connectivity index (χ1) is 8.14. The Balaban J connectivity index is 1.95. The van der Waals surface area contributed by atoms with Crippen LogP contribution in [0.2, 0.25) is 0 Å². The molecule has 1 saturated heterocycles. The standard InChI is InChI=1S/C15H31NO/c1-3-4-5-6-7-8-9-12-16-13-10-11-15(2,17)14-16/h17H,3-14H2,1-2H3. The van der Waals surface area contributed by atoms with Gasteiger partial charge in [-0.2, -0.15) is 0 Å². The monoisotopic (exact) mass is 241 g/mol. The number of nitrogens with zero attached hydrogens (tertiary/aromatic N) is 1. The Hall–Kier alpha value is -0.0800. The summed E-state index contributed by atoms with van der Waals surface area (Å²) in [5.74, 6) is 0. The number of β-amino-alcohol motifs (C(OH)–C–C–N with tert-alkyl or cyclic N) is 1. The minimum atomic E-state index is -0.431. The van der Waals surface area contributed by atoms with E-state index < -0.39 is 5.60 Å². The van der Waals surface area contributed by atoms with E-state index in [0.717, 1.165) is 19.4 Å². The Labute approximate surface area is 107 Å². The molecule has 0 aromatic heterocycles. The maximum absolute atomic E-state index is 10.0. The summed E-state index contributed by atoms with van der Waals surface area (Å²) in [6, 6.07) is 0. The first-order valence-electron chi connectivity index (χ1n) is 7.59. The molecule has 0 saturated carbocycles. The van der Waals surface area contributed by atoms with Crippen LogP contribution in [-0.4, -0.2) is 35.2 Å². The summed E-state index contributed by atoms with van der Waals surface area (Å²) in [4.78, 5) is 2.44. The van der Waals surface area contributed by atoms with Gasteiger partial charge in [-0.05, 0) is 39.3 Å². The molecule has 1 rings (SSSR count). The van der Waals surface area contributed by atoms with Crippen molar-refractivity contribution in [3.8, 4) is 0 Å². The van der Waals surface area contributed by atoms with Crippen molar-refractivity contribution >= 4 is 0 Å². The minimum Gasteiger partial charge on any atom is -0.389 e. The third-order valence-electron chi connectivity index (χ3n) is 3.83. The van der Waals surface area contributed by atoms with Gasteiger partial charge in [-0.25, -0.2) is 0 Å². The number of hydrogen-bond donors (Lipinski definition) is 1. The third kappa shape index (κ3) is 7.05. The molecule has 1 atom stereocenters. The van der Waals surface area contributed by atoms with Crippen molar-refractivity contribution in [3.63, 3.8) is 0 Å². The molecule has 1 heterocycles. The van der Waals surface area contributed by atoms with Crippen molar-refractivity contribution in [2.45, 2.75) is 77.2 Å². The first kappa shape index (κ1) is 15.0. The zero-order valence-corrected chi connectivity index (χ0v) is 11.9. The number of likely N-dealkylation sites (tertiary alicyclic amines) is 1. The highest BCUT2D eigenvalue weighted by Crippen LogP contribution is 2.20. The zero-order chi connectivity index (χ0) is 12.6. The Kier molecular flexibility index (Phi) is 7.14. The molecule has 0 spiro atoms. The SMILES string of the molecule is CCCCCCCCCN1CCCC(C)(O)C1. The van der Waals surface area contributed by atoms with Crippen LogP contribution in [0.1, 0.15) is 71.6 Å². The van der Waals surface area contributed by atoms with E-state index in [1.165, 1.54) is 58.0 Å². The quantitative estimate of drug-likeness (QED) is 0.657. The maximum Gasteiger partial charge on any atom is 0.0746 e. The van der Waals surface area contributed by atoms with Crippen molar-refractivity contribution in [2.24, 2.45) is 0 Å². The molecule has 2 nitrogen and oxygen atoms in total. The molecule has 0 aliphatic carbocycles. The van der Waals surface area contributed by atoms with Crippen LogP contribution in [0, 0.1) is 0 Å². The molecular weight excluding hydrogens is 210 g/mol. The Morgan fingerprint density at radius 2 is 1.71 bits per heavy atom. The average Bonchev–Trinajstić information content (AvgIpc) is 2.27. The molecule has 1 aliphatic rings. The Morgan fingerprint density at radius 3 is 2.35 bits per heavy atom. The van der Waals surface area contributed by atoms with E-state index in [1.807, 2.05) is 6.92 Å². The fourth-order valence-electron chi connectivity index (χ4n) is 2.81. The smallest absolute Gasteiger partial charge is 0.0746 e. The summed E-state index contributed by atoms with van der Waals surface area (Å²) < 4.78 is 0. The molecule has 0 amide bonds. The summed E-state index contributed by atoms with van der Waals surface area (Å²) in [5, 5.41) is 10.0. The van der Waals surface area contributed by atoms with Crippen LogP contribution in [0.4, 0.5) is 0 Å². The van der Waals surface area contributed by atoms with Gasteiger partial charge in [0.15, 0.2) is 0 Å². The van der Waals surface area contributed by atoms with E-state index in [2.05, 4.69) is 11.8 Å². The number of unbranched alkanes of at least 4 members (excludes halogenated alkanes) is 6. The number of aliphatic hydroxyl groups is 1. The van der Waals surface area contributed by atoms with Crippen molar-refractivity contribution < 1.29 is 5.11 Å². The molecule has 1 N–H and O–H groups in total. The molecule has 0 aromatic carbocycles. The van der Waals surface area contributed by atoms with Crippen LogP contribution in [-0.2, 0) is 0 Å². The second-order valence-electron chi connectivity index (χ2n) is 6.00. The Bertz CT molecular complexity index is 191. The second kappa shape index (κ2) is 8.10. The van der Waals surface area contributed by atoms with E-state index in [9.17, 15) is 5.11 Å². The van der Waals surface area contributed by atoms with Crippen molar-refractivity contribution in [1.29, 1.82) is 0 Å². The van der Waals surface area contributed by atoms with Crippen molar-refractivity contribution in [2.75, 3.05) is 19.6 Å². The van der Waals surface area contributed by atoms with Gasteiger partial charge in [0, 0.05) is 6.54 Å². The van der Waals surface area contributed by atoms with Crippen LogP contribution in [0.15, 0.2) is 0 Å². The molecule has 1 fully saturated rings. The van der Waals surface area contributed by atoms with E-state index in [1.54, 1.807) is 0 Å². The molecule has 0 bridgehead atoms. The lowest BCUT2D eigenvalue weighted by Gasteiger charge is -2.36. The van der Waals surface area contributed by atoms with E-state index in [4.69, 9.17) is 0 Å². The summed E-state index contributed by atoms with van der Waals surface area (Å²) in [5.41, 5.74) is -0.431. The number of hydrogen-bond acceptors (Lipinski definition) is 2. The first-order valence-corrected chi connectivity index (χ1v) is 7.59. The highest BCUT2D eigenvalue weighted by molar-refractivity contribution is 4.82. The van der Waals surface area contributed by atoms with Crippen molar-refractivity contribution in [3.05, 3.63) is 0 Å². The van der Waals surface area contributed by atoms with Gasteiger partial charge in [0.2, 0.25) is 0 Å². The maximum atomic E-state index is 10.0. The third-order valence-corrected chi connectivity index (χ3v) is 3.83. The molecule has 1 aliphatic heterocycles.